The molecule has 0 aliphatic carbocycles. The smallest absolute Gasteiger partial charge is 0.240 e. The number of benzene rings is 1. The second-order valence-corrected chi connectivity index (χ2v) is 5.97. The SMILES string of the molecule is CC(C)N(C(=O)CN)c1ccc2nc(S)sc2c1. The molecule has 18 heavy (non-hydrogen) atoms. The Kier molecular flexibility index (Phi) is 3.89. The molecule has 1 aromatic heterocycles. The molecule has 96 valence electrons. The van der Waals surface area contributed by atoms with Crippen LogP contribution in [0, 0.1) is 0 Å². The Morgan fingerprint density at radius 2 is 2.28 bits per heavy atom. The van der Waals surface area contributed by atoms with Crippen LogP contribution in [-0.2, 0) is 4.79 Å². The Hall–Kier alpha value is -1.11. The maximum absolute atomic E-state index is 11.9. The van der Waals surface area contributed by atoms with Crippen LogP contribution in [0.25, 0.3) is 10.2 Å². The molecule has 0 saturated heterocycles. The van der Waals surface area contributed by atoms with Crippen LogP contribution in [0.3, 0.4) is 0 Å². The number of amides is 1. The number of aromatic nitrogens is 1. The van der Waals surface area contributed by atoms with E-state index in [0.29, 0.717) is 0 Å². The average molecular weight is 281 g/mol. The zero-order chi connectivity index (χ0) is 13.3. The number of hydrogen-bond acceptors (Lipinski definition) is 5. The van der Waals surface area contributed by atoms with Gasteiger partial charge in [0.05, 0.1) is 16.8 Å². The zero-order valence-electron chi connectivity index (χ0n) is 10.3. The maximum Gasteiger partial charge on any atom is 0.240 e. The molecular formula is C12H15N3OS2. The van der Waals surface area contributed by atoms with Gasteiger partial charge in [0.2, 0.25) is 5.91 Å². The summed E-state index contributed by atoms with van der Waals surface area (Å²) in [5, 5.41) is 0. The van der Waals surface area contributed by atoms with Gasteiger partial charge in [0.15, 0.2) is 0 Å². The number of rotatable bonds is 3. The van der Waals surface area contributed by atoms with E-state index in [-0.39, 0.29) is 18.5 Å². The van der Waals surface area contributed by atoms with Crippen molar-refractivity contribution in [1.29, 1.82) is 0 Å². The molecule has 1 heterocycles. The molecule has 0 fully saturated rings. The predicted octanol–water partition coefficient (Wildman–Crippen LogP) is 2.29. The number of carbonyl (C=O) groups is 1. The first-order valence-electron chi connectivity index (χ1n) is 5.64. The fraction of sp³-hybridized carbons (Fsp3) is 0.333. The van der Waals surface area contributed by atoms with Crippen molar-refractivity contribution in [2.45, 2.75) is 24.2 Å². The topological polar surface area (TPSA) is 59.2 Å². The Morgan fingerprint density at radius 1 is 1.56 bits per heavy atom. The lowest BCUT2D eigenvalue weighted by Crippen LogP contribution is -2.40. The molecule has 1 aromatic carbocycles. The first kappa shape index (κ1) is 13.3. The third-order valence-electron chi connectivity index (χ3n) is 2.60. The second kappa shape index (κ2) is 5.26. The zero-order valence-corrected chi connectivity index (χ0v) is 12.0. The molecule has 0 atom stereocenters. The van der Waals surface area contributed by atoms with Crippen molar-refractivity contribution in [3.05, 3.63) is 18.2 Å². The summed E-state index contributed by atoms with van der Waals surface area (Å²) in [6.45, 7) is 3.94. The summed E-state index contributed by atoms with van der Waals surface area (Å²) in [6.07, 6.45) is 0. The minimum Gasteiger partial charge on any atom is -0.322 e. The average Bonchev–Trinajstić information content (AvgIpc) is 2.68. The Labute approximate surface area is 115 Å². The fourth-order valence-electron chi connectivity index (χ4n) is 1.88. The molecule has 2 rings (SSSR count). The van der Waals surface area contributed by atoms with E-state index in [0.717, 1.165) is 20.2 Å². The van der Waals surface area contributed by atoms with E-state index in [1.807, 2.05) is 32.0 Å². The fourth-order valence-corrected chi connectivity index (χ4v) is 3.02. The molecule has 1 amide bonds. The molecule has 6 heteroatoms. The van der Waals surface area contributed by atoms with Crippen molar-refractivity contribution >= 4 is 45.8 Å². The molecule has 0 bridgehead atoms. The molecular weight excluding hydrogens is 266 g/mol. The molecule has 0 aliphatic rings. The normalized spacial score (nSPS) is 11.2. The highest BCUT2D eigenvalue weighted by molar-refractivity contribution is 7.82. The van der Waals surface area contributed by atoms with Gasteiger partial charge < -0.3 is 10.6 Å². The number of hydrogen-bond donors (Lipinski definition) is 2. The lowest BCUT2D eigenvalue weighted by atomic mass is 10.2. The van der Waals surface area contributed by atoms with Gasteiger partial charge in [0.25, 0.3) is 0 Å². The van der Waals surface area contributed by atoms with Gasteiger partial charge in [-0.05, 0) is 32.0 Å². The Bertz CT molecular complexity index is 580. The third kappa shape index (κ3) is 2.50. The van der Waals surface area contributed by atoms with Crippen LogP contribution >= 0.6 is 24.0 Å². The van der Waals surface area contributed by atoms with Crippen molar-refractivity contribution < 1.29 is 4.79 Å². The molecule has 0 radical (unpaired) electrons. The summed E-state index contributed by atoms with van der Waals surface area (Å²) in [5.41, 5.74) is 7.20. The van der Waals surface area contributed by atoms with Crippen LogP contribution in [0.2, 0.25) is 0 Å². The van der Waals surface area contributed by atoms with E-state index in [9.17, 15) is 4.79 Å². The van der Waals surface area contributed by atoms with Crippen molar-refractivity contribution in [3.8, 4) is 0 Å². The van der Waals surface area contributed by atoms with E-state index in [2.05, 4.69) is 17.6 Å². The van der Waals surface area contributed by atoms with E-state index < -0.39 is 0 Å². The van der Waals surface area contributed by atoms with Gasteiger partial charge in [0.1, 0.15) is 4.34 Å². The highest BCUT2D eigenvalue weighted by Crippen LogP contribution is 2.29. The molecule has 2 N–H and O–H groups in total. The standard InChI is InChI=1S/C12H15N3OS2/c1-7(2)15(11(16)6-13)8-3-4-9-10(5-8)18-12(17)14-9/h3-5,7H,6,13H2,1-2H3,(H,14,17). The van der Waals surface area contributed by atoms with Crippen LogP contribution in [0.15, 0.2) is 22.5 Å². The second-order valence-electron chi connectivity index (χ2n) is 4.21. The quantitative estimate of drug-likeness (QED) is 0.849. The van der Waals surface area contributed by atoms with Crippen molar-refractivity contribution in [3.63, 3.8) is 0 Å². The summed E-state index contributed by atoms with van der Waals surface area (Å²) in [7, 11) is 0. The number of nitrogens with zero attached hydrogens (tertiary/aromatic N) is 2. The van der Waals surface area contributed by atoms with E-state index in [1.54, 1.807) is 4.90 Å². The van der Waals surface area contributed by atoms with Crippen LogP contribution in [0.4, 0.5) is 5.69 Å². The number of fused-ring (bicyclic) bond motifs is 1. The molecule has 0 unspecified atom stereocenters. The third-order valence-corrected chi connectivity index (χ3v) is 3.79. The number of thiazole rings is 1. The molecule has 0 aliphatic heterocycles. The molecule has 0 saturated carbocycles. The van der Waals surface area contributed by atoms with Crippen LogP contribution in [0.5, 0.6) is 0 Å². The summed E-state index contributed by atoms with van der Waals surface area (Å²) in [6, 6.07) is 5.82. The van der Waals surface area contributed by atoms with Gasteiger partial charge in [-0.2, -0.15) is 0 Å². The Morgan fingerprint density at radius 3 is 2.89 bits per heavy atom. The number of anilines is 1. The van der Waals surface area contributed by atoms with E-state index in [4.69, 9.17) is 5.73 Å². The monoisotopic (exact) mass is 281 g/mol. The number of nitrogens with two attached hydrogens (primary N) is 1. The van der Waals surface area contributed by atoms with E-state index in [1.165, 1.54) is 11.3 Å². The minimum atomic E-state index is -0.0834. The van der Waals surface area contributed by atoms with Gasteiger partial charge >= 0.3 is 0 Å². The largest absolute Gasteiger partial charge is 0.322 e. The first-order valence-corrected chi connectivity index (χ1v) is 6.91. The number of carbonyl (C=O) groups excluding carboxylic acids is 1. The van der Waals surface area contributed by atoms with Crippen LogP contribution < -0.4 is 10.6 Å². The van der Waals surface area contributed by atoms with Crippen LogP contribution in [0.1, 0.15) is 13.8 Å². The lowest BCUT2D eigenvalue weighted by Gasteiger charge is -2.26. The summed E-state index contributed by atoms with van der Waals surface area (Å²) in [5.74, 6) is -0.0834. The van der Waals surface area contributed by atoms with Crippen molar-refractivity contribution in [2.24, 2.45) is 5.73 Å². The van der Waals surface area contributed by atoms with Gasteiger partial charge in [-0.3, -0.25) is 4.79 Å². The molecule has 4 nitrogen and oxygen atoms in total. The molecule has 0 spiro atoms. The van der Waals surface area contributed by atoms with Crippen molar-refractivity contribution in [2.75, 3.05) is 11.4 Å². The molecule has 2 aromatic rings. The van der Waals surface area contributed by atoms with E-state index >= 15 is 0 Å². The summed E-state index contributed by atoms with van der Waals surface area (Å²) < 4.78 is 1.75. The highest BCUT2D eigenvalue weighted by atomic mass is 32.2. The van der Waals surface area contributed by atoms with Gasteiger partial charge in [0, 0.05) is 11.7 Å². The van der Waals surface area contributed by atoms with Gasteiger partial charge in [-0.15, -0.1) is 24.0 Å². The predicted molar refractivity (Wildman–Crippen MR) is 78.5 cm³/mol. The Balaban J connectivity index is 2.47. The van der Waals surface area contributed by atoms with Crippen molar-refractivity contribution in [1.82, 2.24) is 4.98 Å². The maximum atomic E-state index is 11.9. The first-order chi connectivity index (χ1) is 8.52. The minimum absolute atomic E-state index is 0.0106. The number of thiol groups is 1. The van der Waals surface area contributed by atoms with Gasteiger partial charge in [-0.1, -0.05) is 0 Å². The summed E-state index contributed by atoms with van der Waals surface area (Å²) >= 11 is 5.73. The van der Waals surface area contributed by atoms with Gasteiger partial charge in [-0.25, -0.2) is 4.98 Å². The van der Waals surface area contributed by atoms with Crippen LogP contribution in [-0.4, -0.2) is 23.5 Å². The lowest BCUT2D eigenvalue weighted by molar-refractivity contribution is -0.117. The highest BCUT2D eigenvalue weighted by Gasteiger charge is 2.18. The summed E-state index contributed by atoms with van der Waals surface area (Å²) in [4.78, 5) is 17.9.